The van der Waals surface area contributed by atoms with Crippen molar-refractivity contribution in [3.8, 4) is 17.2 Å². The highest BCUT2D eigenvalue weighted by Gasteiger charge is 2.27. The van der Waals surface area contributed by atoms with Crippen molar-refractivity contribution >= 4 is 0 Å². The van der Waals surface area contributed by atoms with Crippen LogP contribution in [0.1, 0.15) is 25.5 Å². The largest absolute Gasteiger partial charge is 0.493 e. The molecule has 0 amide bonds. The van der Waals surface area contributed by atoms with E-state index < -0.39 is 11.6 Å². The first-order valence-corrected chi connectivity index (χ1v) is 5.62. The van der Waals surface area contributed by atoms with Crippen LogP contribution in [0.25, 0.3) is 0 Å². The summed E-state index contributed by atoms with van der Waals surface area (Å²) in [6, 6.07) is 3.39. The number of hydrogen-bond donors (Lipinski definition) is 2. The van der Waals surface area contributed by atoms with Crippen molar-refractivity contribution in [1.29, 1.82) is 0 Å². The fraction of sp³-hybridized carbons (Fsp3) is 0.538. The topological polar surface area (TPSA) is 73.9 Å². The summed E-state index contributed by atoms with van der Waals surface area (Å²) in [6.45, 7) is 3.50. The molecule has 5 nitrogen and oxygen atoms in total. The van der Waals surface area contributed by atoms with Gasteiger partial charge in [-0.1, -0.05) is 0 Å². The second-order valence-corrected chi connectivity index (χ2v) is 4.68. The smallest absolute Gasteiger partial charge is 0.203 e. The van der Waals surface area contributed by atoms with E-state index in [0.29, 0.717) is 22.8 Å². The molecule has 0 fully saturated rings. The Hall–Kier alpha value is -1.46. The number of aliphatic hydroxyl groups excluding tert-OH is 1. The van der Waals surface area contributed by atoms with Gasteiger partial charge in [0, 0.05) is 5.54 Å². The molecule has 0 saturated carbocycles. The lowest BCUT2D eigenvalue weighted by Crippen LogP contribution is -2.39. The van der Waals surface area contributed by atoms with Gasteiger partial charge in [-0.25, -0.2) is 0 Å². The standard InChI is InChI=1S/C13H21NO4/c1-13(2,14)12(15)8-6-9(16-3)11(18-5)10(7-8)17-4/h6-7,12,15H,14H2,1-5H3. The zero-order valence-electron chi connectivity index (χ0n) is 11.5. The van der Waals surface area contributed by atoms with Crippen molar-refractivity contribution in [2.24, 2.45) is 5.73 Å². The lowest BCUT2D eigenvalue weighted by atomic mass is 9.92. The van der Waals surface area contributed by atoms with Gasteiger partial charge in [-0.15, -0.1) is 0 Å². The molecule has 102 valence electrons. The van der Waals surface area contributed by atoms with E-state index in [1.54, 1.807) is 26.0 Å². The lowest BCUT2D eigenvalue weighted by molar-refractivity contribution is 0.104. The summed E-state index contributed by atoms with van der Waals surface area (Å²) >= 11 is 0. The Morgan fingerprint density at radius 2 is 1.50 bits per heavy atom. The van der Waals surface area contributed by atoms with Crippen LogP contribution in [-0.4, -0.2) is 32.0 Å². The Labute approximate surface area is 107 Å². The Morgan fingerprint density at radius 3 is 1.78 bits per heavy atom. The maximum Gasteiger partial charge on any atom is 0.203 e. The first-order chi connectivity index (χ1) is 8.35. The predicted molar refractivity (Wildman–Crippen MR) is 69.3 cm³/mol. The molecule has 0 saturated heterocycles. The average molecular weight is 255 g/mol. The average Bonchev–Trinajstić information content (AvgIpc) is 2.34. The Morgan fingerprint density at radius 1 is 1.06 bits per heavy atom. The van der Waals surface area contributed by atoms with Crippen LogP contribution in [0.2, 0.25) is 0 Å². The molecule has 0 heterocycles. The van der Waals surface area contributed by atoms with Gasteiger partial charge in [-0.2, -0.15) is 0 Å². The van der Waals surface area contributed by atoms with Crippen molar-refractivity contribution in [3.05, 3.63) is 17.7 Å². The van der Waals surface area contributed by atoms with Crippen molar-refractivity contribution in [1.82, 2.24) is 0 Å². The van der Waals surface area contributed by atoms with Gasteiger partial charge in [0.25, 0.3) is 0 Å². The maximum absolute atomic E-state index is 10.2. The van der Waals surface area contributed by atoms with E-state index in [1.807, 2.05) is 0 Å². The van der Waals surface area contributed by atoms with Gasteiger partial charge in [0.05, 0.1) is 27.4 Å². The fourth-order valence-corrected chi connectivity index (χ4v) is 1.69. The number of hydrogen-bond acceptors (Lipinski definition) is 5. The van der Waals surface area contributed by atoms with E-state index in [4.69, 9.17) is 19.9 Å². The van der Waals surface area contributed by atoms with E-state index in [-0.39, 0.29) is 0 Å². The summed E-state index contributed by atoms with van der Waals surface area (Å²) in [5.41, 5.74) is 5.76. The highest BCUT2D eigenvalue weighted by atomic mass is 16.5. The summed E-state index contributed by atoms with van der Waals surface area (Å²) in [7, 11) is 4.59. The molecule has 3 N–H and O–H groups in total. The molecule has 1 aromatic carbocycles. The molecule has 1 atom stereocenters. The first kappa shape index (κ1) is 14.6. The number of benzene rings is 1. The van der Waals surface area contributed by atoms with Crippen LogP contribution in [0.5, 0.6) is 17.2 Å². The second kappa shape index (κ2) is 5.46. The van der Waals surface area contributed by atoms with Crippen molar-refractivity contribution < 1.29 is 19.3 Å². The van der Waals surface area contributed by atoms with E-state index in [9.17, 15) is 5.11 Å². The molecule has 0 aromatic heterocycles. The van der Waals surface area contributed by atoms with Crippen molar-refractivity contribution in [2.45, 2.75) is 25.5 Å². The summed E-state index contributed by atoms with van der Waals surface area (Å²) < 4.78 is 15.7. The summed E-state index contributed by atoms with van der Waals surface area (Å²) in [5.74, 6) is 1.48. The van der Waals surface area contributed by atoms with Gasteiger partial charge in [-0.3, -0.25) is 0 Å². The monoisotopic (exact) mass is 255 g/mol. The molecular formula is C13H21NO4. The van der Waals surface area contributed by atoms with Crippen LogP contribution in [0.3, 0.4) is 0 Å². The molecule has 0 aliphatic rings. The van der Waals surface area contributed by atoms with E-state index in [0.717, 1.165) is 0 Å². The highest BCUT2D eigenvalue weighted by molar-refractivity contribution is 5.54. The van der Waals surface area contributed by atoms with Crippen molar-refractivity contribution in [3.63, 3.8) is 0 Å². The number of methoxy groups -OCH3 is 3. The van der Waals surface area contributed by atoms with E-state index >= 15 is 0 Å². The summed E-state index contributed by atoms with van der Waals surface area (Å²) in [5, 5.41) is 10.2. The molecule has 0 aliphatic heterocycles. The quantitative estimate of drug-likeness (QED) is 0.833. The van der Waals surface area contributed by atoms with Gasteiger partial charge in [0.2, 0.25) is 5.75 Å². The predicted octanol–water partition coefficient (Wildman–Crippen LogP) is 1.48. The number of ether oxygens (including phenoxy) is 3. The molecular weight excluding hydrogens is 234 g/mol. The van der Waals surface area contributed by atoms with Crippen molar-refractivity contribution in [2.75, 3.05) is 21.3 Å². The SMILES string of the molecule is COc1cc(C(O)C(C)(C)N)cc(OC)c1OC. The number of aliphatic hydroxyl groups is 1. The third-order valence-electron chi connectivity index (χ3n) is 2.71. The Kier molecular flexibility index (Phi) is 4.43. The molecule has 0 radical (unpaired) electrons. The minimum atomic E-state index is -0.828. The lowest BCUT2D eigenvalue weighted by Gasteiger charge is -2.27. The molecule has 0 spiro atoms. The van der Waals surface area contributed by atoms with Gasteiger partial charge in [-0.05, 0) is 31.5 Å². The summed E-state index contributed by atoms with van der Waals surface area (Å²) in [4.78, 5) is 0. The van der Waals surface area contributed by atoms with Crippen LogP contribution in [0.4, 0.5) is 0 Å². The zero-order valence-corrected chi connectivity index (χ0v) is 11.5. The van der Waals surface area contributed by atoms with Gasteiger partial charge in [0.1, 0.15) is 0 Å². The van der Waals surface area contributed by atoms with Gasteiger partial charge < -0.3 is 25.1 Å². The van der Waals surface area contributed by atoms with E-state index in [2.05, 4.69) is 0 Å². The molecule has 1 unspecified atom stereocenters. The number of rotatable bonds is 5. The third-order valence-corrected chi connectivity index (χ3v) is 2.71. The van der Waals surface area contributed by atoms with Crippen LogP contribution in [0.15, 0.2) is 12.1 Å². The molecule has 1 rings (SSSR count). The molecule has 5 heteroatoms. The third kappa shape index (κ3) is 2.86. The summed E-state index contributed by atoms with van der Waals surface area (Å²) in [6.07, 6.45) is -0.828. The highest BCUT2D eigenvalue weighted by Crippen LogP contribution is 2.40. The maximum atomic E-state index is 10.2. The molecule has 18 heavy (non-hydrogen) atoms. The van der Waals surface area contributed by atoms with Crippen LogP contribution in [0, 0.1) is 0 Å². The molecule has 0 bridgehead atoms. The Bertz CT molecular complexity index is 387. The second-order valence-electron chi connectivity index (χ2n) is 4.68. The number of nitrogens with two attached hydrogens (primary N) is 1. The van der Waals surface area contributed by atoms with Gasteiger partial charge in [0.15, 0.2) is 11.5 Å². The zero-order chi connectivity index (χ0) is 13.9. The minimum absolute atomic E-state index is 0.491. The molecule has 0 aliphatic carbocycles. The van der Waals surface area contributed by atoms with Crippen LogP contribution < -0.4 is 19.9 Å². The van der Waals surface area contributed by atoms with Gasteiger partial charge >= 0.3 is 0 Å². The fourth-order valence-electron chi connectivity index (χ4n) is 1.69. The van der Waals surface area contributed by atoms with Crippen LogP contribution in [-0.2, 0) is 0 Å². The Balaban J connectivity index is 3.32. The van der Waals surface area contributed by atoms with E-state index in [1.165, 1.54) is 21.3 Å². The first-order valence-electron chi connectivity index (χ1n) is 5.62. The van der Waals surface area contributed by atoms with Crippen LogP contribution >= 0.6 is 0 Å². The minimum Gasteiger partial charge on any atom is -0.493 e. The normalized spacial score (nSPS) is 13.1. The molecule has 1 aromatic rings.